The predicted octanol–water partition coefficient (Wildman–Crippen LogP) is 4.86. The quantitative estimate of drug-likeness (QED) is 0.395. The molecule has 2 aromatic heterocycles. The van der Waals surface area contributed by atoms with Gasteiger partial charge in [0.2, 0.25) is 12.7 Å². The van der Waals surface area contributed by atoms with Crippen LogP contribution < -0.4 is 14.8 Å². The highest BCUT2D eigenvalue weighted by Crippen LogP contribution is 2.37. The van der Waals surface area contributed by atoms with Crippen molar-refractivity contribution < 1.29 is 23.5 Å². The van der Waals surface area contributed by atoms with Gasteiger partial charge >= 0.3 is 0 Å². The Morgan fingerprint density at radius 3 is 2.54 bits per heavy atom. The Morgan fingerprint density at radius 1 is 1.00 bits per heavy atom. The maximum Gasteiger partial charge on any atom is 0.271 e. The maximum absolute atomic E-state index is 13.9. The van der Waals surface area contributed by atoms with E-state index in [4.69, 9.17) is 25.5 Å². The largest absolute Gasteiger partial charge is 0.463 e. The van der Waals surface area contributed by atoms with Gasteiger partial charge in [-0.15, -0.1) is 0 Å². The summed E-state index contributed by atoms with van der Waals surface area (Å²) in [5.74, 6) is 1.41. The Morgan fingerprint density at radius 2 is 1.76 bits per heavy atom. The molecule has 2 aliphatic heterocycles. The first-order chi connectivity index (χ1) is 17.9. The molecule has 0 bridgehead atoms. The number of hydrogen-bond acceptors (Lipinski definition) is 5. The zero-order valence-electron chi connectivity index (χ0n) is 20.1. The molecule has 0 unspecified atom stereocenters. The number of carbonyl (C=O) groups is 2. The van der Waals surface area contributed by atoms with Gasteiger partial charge in [-0.3, -0.25) is 9.59 Å². The molecule has 0 saturated carbocycles. The maximum atomic E-state index is 13.9. The Bertz CT molecular complexity index is 1480. The topological polar surface area (TPSA) is 85.9 Å². The predicted molar refractivity (Wildman–Crippen MR) is 136 cm³/mol. The summed E-state index contributed by atoms with van der Waals surface area (Å²) < 4.78 is 18.4. The van der Waals surface area contributed by atoms with E-state index < -0.39 is 5.54 Å². The number of halogens is 1. The van der Waals surface area contributed by atoms with E-state index in [1.54, 1.807) is 42.4 Å². The summed E-state index contributed by atoms with van der Waals surface area (Å²) in [4.78, 5) is 29.3. The highest BCUT2D eigenvalue weighted by Gasteiger charge is 2.48. The average molecular weight is 518 g/mol. The number of nitrogens with zero attached hydrogens (tertiary/aromatic N) is 2. The number of amides is 2. The average Bonchev–Trinajstić information content (AvgIpc) is 3.66. The zero-order chi connectivity index (χ0) is 25.6. The lowest BCUT2D eigenvalue weighted by molar-refractivity contribution is -0.133. The standard InChI is InChI=1S/C28H24ClN3O5/c1-28(27(34)30-14-18-4-7-20(29)8-5-18)16-31-21(23-3-2-12-35-23)9-10-22(31)26(33)32(28)15-19-6-11-24-25(13-19)37-17-36-24/h2-13H,14-17H2,1H3,(H,30,34)/t28-/m0/s1. The molecule has 0 saturated heterocycles. The monoisotopic (exact) mass is 517 g/mol. The Balaban J connectivity index is 1.35. The third-order valence-electron chi connectivity index (χ3n) is 6.91. The first-order valence-corrected chi connectivity index (χ1v) is 12.3. The van der Waals surface area contributed by atoms with Crippen molar-refractivity contribution in [1.29, 1.82) is 0 Å². The fraction of sp³-hybridized carbons (Fsp3) is 0.214. The number of furan rings is 1. The Labute approximate surface area is 218 Å². The van der Waals surface area contributed by atoms with Crippen molar-refractivity contribution in [3.63, 3.8) is 0 Å². The van der Waals surface area contributed by atoms with Gasteiger partial charge in [-0.2, -0.15) is 0 Å². The molecule has 0 radical (unpaired) electrons. The number of carbonyl (C=O) groups excluding carboxylic acids is 2. The van der Waals surface area contributed by atoms with Crippen LogP contribution in [0, 0.1) is 0 Å². The summed E-state index contributed by atoms with van der Waals surface area (Å²) in [6.45, 7) is 2.75. The van der Waals surface area contributed by atoms with Gasteiger partial charge in [0.1, 0.15) is 17.0 Å². The highest BCUT2D eigenvalue weighted by molar-refractivity contribution is 6.30. The van der Waals surface area contributed by atoms with E-state index in [1.807, 2.05) is 47.0 Å². The number of aromatic nitrogens is 1. The Hall–Kier alpha value is -4.17. The summed E-state index contributed by atoms with van der Waals surface area (Å²) in [5.41, 5.74) is 1.79. The smallest absolute Gasteiger partial charge is 0.271 e. The molecule has 4 heterocycles. The second-order valence-electron chi connectivity index (χ2n) is 9.33. The second kappa shape index (κ2) is 9.05. The van der Waals surface area contributed by atoms with Crippen molar-refractivity contribution in [3.05, 3.63) is 94.8 Å². The lowest BCUT2D eigenvalue weighted by atomic mass is 9.93. The van der Waals surface area contributed by atoms with Crippen molar-refractivity contribution in [2.24, 2.45) is 0 Å². The lowest BCUT2D eigenvalue weighted by Crippen LogP contribution is -2.63. The first-order valence-electron chi connectivity index (χ1n) is 11.9. The van der Waals surface area contributed by atoms with Crippen LogP contribution in [0.1, 0.15) is 28.5 Å². The molecule has 2 amide bonds. The van der Waals surface area contributed by atoms with E-state index in [0.29, 0.717) is 34.5 Å². The SMILES string of the molecule is C[C@@]1(C(=O)NCc2ccc(Cl)cc2)Cn2c(ccc2-c2ccco2)C(=O)N1Cc1ccc2c(c1)OCO2. The van der Waals surface area contributed by atoms with Crippen molar-refractivity contribution in [2.75, 3.05) is 6.79 Å². The van der Waals surface area contributed by atoms with Gasteiger partial charge in [-0.25, -0.2) is 0 Å². The van der Waals surface area contributed by atoms with Crippen LogP contribution in [0.25, 0.3) is 11.5 Å². The normalized spacial score (nSPS) is 18.1. The highest BCUT2D eigenvalue weighted by atomic mass is 35.5. The van der Waals surface area contributed by atoms with Crippen LogP contribution in [0.2, 0.25) is 5.02 Å². The molecule has 188 valence electrons. The summed E-state index contributed by atoms with van der Waals surface area (Å²) in [7, 11) is 0. The fourth-order valence-electron chi connectivity index (χ4n) is 4.86. The minimum atomic E-state index is -1.19. The van der Waals surface area contributed by atoms with E-state index in [0.717, 1.165) is 16.8 Å². The summed E-state index contributed by atoms with van der Waals surface area (Å²) in [6, 6.07) is 20.1. The van der Waals surface area contributed by atoms with E-state index in [-0.39, 0.29) is 31.7 Å². The fourth-order valence-corrected chi connectivity index (χ4v) is 4.98. The number of hydrogen-bond donors (Lipinski definition) is 1. The summed E-state index contributed by atoms with van der Waals surface area (Å²) >= 11 is 6.00. The van der Waals surface area contributed by atoms with Gasteiger partial charge in [-0.05, 0) is 66.6 Å². The second-order valence-corrected chi connectivity index (χ2v) is 9.77. The van der Waals surface area contributed by atoms with Crippen LogP contribution >= 0.6 is 11.6 Å². The van der Waals surface area contributed by atoms with Gasteiger partial charge in [0.25, 0.3) is 5.91 Å². The van der Waals surface area contributed by atoms with Crippen molar-refractivity contribution >= 4 is 23.4 Å². The molecule has 0 aliphatic carbocycles. The van der Waals surface area contributed by atoms with Gasteiger partial charge in [0.05, 0.1) is 18.5 Å². The molecule has 1 atom stereocenters. The molecule has 0 fully saturated rings. The first kappa shape index (κ1) is 23.2. The van der Waals surface area contributed by atoms with E-state index in [9.17, 15) is 9.59 Å². The number of rotatable bonds is 6. The molecular formula is C28H24ClN3O5. The number of benzene rings is 2. The Kier molecular flexibility index (Phi) is 5.68. The van der Waals surface area contributed by atoms with Gasteiger partial charge in [0.15, 0.2) is 11.5 Å². The minimum absolute atomic E-state index is 0.162. The third-order valence-corrected chi connectivity index (χ3v) is 7.17. The minimum Gasteiger partial charge on any atom is -0.463 e. The van der Waals surface area contributed by atoms with Gasteiger partial charge in [0, 0.05) is 18.1 Å². The van der Waals surface area contributed by atoms with Crippen LogP contribution in [-0.2, 0) is 24.4 Å². The molecule has 1 N–H and O–H groups in total. The molecule has 8 nitrogen and oxygen atoms in total. The summed E-state index contributed by atoms with van der Waals surface area (Å²) in [6.07, 6.45) is 1.59. The zero-order valence-corrected chi connectivity index (χ0v) is 20.8. The number of ether oxygens (including phenoxy) is 2. The molecule has 2 aliphatic rings. The molecule has 37 heavy (non-hydrogen) atoms. The molecule has 4 aromatic rings. The molecule has 2 aromatic carbocycles. The molecule has 0 spiro atoms. The van der Waals surface area contributed by atoms with E-state index in [2.05, 4.69) is 5.32 Å². The van der Waals surface area contributed by atoms with Crippen LogP contribution in [0.5, 0.6) is 11.5 Å². The molecule has 6 rings (SSSR count). The van der Waals surface area contributed by atoms with Crippen molar-refractivity contribution in [1.82, 2.24) is 14.8 Å². The van der Waals surface area contributed by atoms with Crippen molar-refractivity contribution in [2.45, 2.75) is 32.1 Å². The number of fused-ring (bicyclic) bond motifs is 2. The van der Waals surface area contributed by atoms with Crippen LogP contribution in [0.3, 0.4) is 0 Å². The van der Waals surface area contributed by atoms with Crippen LogP contribution in [-0.4, -0.2) is 33.6 Å². The third kappa shape index (κ3) is 4.13. The van der Waals surface area contributed by atoms with Crippen LogP contribution in [0.4, 0.5) is 0 Å². The van der Waals surface area contributed by atoms with Crippen LogP contribution in [0.15, 0.2) is 77.4 Å². The summed E-state index contributed by atoms with van der Waals surface area (Å²) in [5, 5.41) is 3.65. The van der Waals surface area contributed by atoms with Gasteiger partial charge in [-0.1, -0.05) is 29.8 Å². The van der Waals surface area contributed by atoms with E-state index in [1.165, 1.54) is 0 Å². The lowest BCUT2D eigenvalue weighted by Gasteiger charge is -2.44. The molecular weight excluding hydrogens is 494 g/mol. The number of nitrogens with one attached hydrogen (secondary N) is 1. The molecule has 9 heteroatoms. The van der Waals surface area contributed by atoms with Crippen molar-refractivity contribution in [3.8, 4) is 23.0 Å². The van der Waals surface area contributed by atoms with E-state index >= 15 is 0 Å². The van der Waals surface area contributed by atoms with Gasteiger partial charge < -0.3 is 28.7 Å².